The van der Waals surface area contributed by atoms with Gasteiger partial charge in [-0.05, 0) is 36.4 Å². The minimum atomic E-state index is -4.83. The normalized spacial score (nSPS) is 12.0. The van der Waals surface area contributed by atoms with Crippen molar-refractivity contribution in [2.45, 2.75) is 11.1 Å². The van der Waals surface area contributed by atoms with E-state index in [9.17, 15) is 26.4 Å². The molecule has 0 atom stereocenters. The second-order valence-corrected chi connectivity index (χ2v) is 6.74. The molecule has 0 aromatic heterocycles. The van der Waals surface area contributed by atoms with E-state index in [4.69, 9.17) is 16.7 Å². The summed E-state index contributed by atoms with van der Waals surface area (Å²) in [6.07, 6.45) is -4.83. The summed E-state index contributed by atoms with van der Waals surface area (Å²) in [7, 11) is -4.42. The lowest BCUT2D eigenvalue weighted by Gasteiger charge is -2.15. The first kappa shape index (κ1) is 18.1. The van der Waals surface area contributed by atoms with Crippen molar-refractivity contribution in [2.24, 2.45) is 0 Å². The van der Waals surface area contributed by atoms with Gasteiger partial charge in [0.1, 0.15) is 0 Å². The minimum Gasteiger partial charge on any atom is -0.478 e. The van der Waals surface area contributed by atoms with Gasteiger partial charge in [0.05, 0.1) is 21.7 Å². The molecule has 10 heteroatoms. The lowest BCUT2D eigenvalue weighted by Crippen LogP contribution is -2.17. The number of carbonyl (C=O) groups is 1. The van der Waals surface area contributed by atoms with Crippen LogP contribution in [-0.2, 0) is 16.2 Å². The largest absolute Gasteiger partial charge is 0.478 e. The molecule has 0 bridgehead atoms. The molecule has 0 amide bonds. The summed E-state index contributed by atoms with van der Waals surface area (Å²) in [5, 5.41) is 8.66. The molecular formula is C14H9ClF3NO4S. The zero-order valence-corrected chi connectivity index (χ0v) is 13.2. The molecule has 24 heavy (non-hydrogen) atoms. The average Bonchev–Trinajstić information content (AvgIpc) is 2.48. The van der Waals surface area contributed by atoms with Crippen molar-refractivity contribution >= 4 is 33.3 Å². The van der Waals surface area contributed by atoms with Gasteiger partial charge in [-0.2, -0.15) is 13.2 Å². The number of aromatic carboxylic acids is 1. The fourth-order valence-corrected chi connectivity index (χ4v) is 3.14. The Labute approximate surface area is 139 Å². The number of carboxylic acid groups (broad SMARTS) is 1. The SMILES string of the molecule is O=C(O)c1cccc(S(=O)(=O)Nc2ccc(Cl)cc2C(F)(F)F)c1. The topological polar surface area (TPSA) is 83.5 Å². The van der Waals surface area contributed by atoms with Crippen molar-refractivity contribution < 1.29 is 31.5 Å². The molecule has 0 radical (unpaired) electrons. The van der Waals surface area contributed by atoms with E-state index in [0.29, 0.717) is 6.07 Å². The molecule has 2 aromatic rings. The van der Waals surface area contributed by atoms with Gasteiger partial charge >= 0.3 is 12.1 Å². The summed E-state index contributed by atoms with van der Waals surface area (Å²) >= 11 is 5.52. The van der Waals surface area contributed by atoms with Crippen LogP contribution in [0.25, 0.3) is 0 Å². The van der Waals surface area contributed by atoms with Gasteiger partial charge in [-0.1, -0.05) is 17.7 Å². The monoisotopic (exact) mass is 379 g/mol. The molecule has 0 unspecified atom stereocenters. The van der Waals surface area contributed by atoms with E-state index in [1.165, 1.54) is 6.07 Å². The van der Waals surface area contributed by atoms with Gasteiger partial charge in [0.2, 0.25) is 0 Å². The molecule has 0 spiro atoms. The molecule has 0 aliphatic rings. The molecule has 0 aliphatic heterocycles. The highest BCUT2D eigenvalue weighted by molar-refractivity contribution is 7.92. The highest BCUT2D eigenvalue weighted by atomic mass is 35.5. The maximum absolute atomic E-state index is 13.0. The number of sulfonamides is 1. The highest BCUT2D eigenvalue weighted by Gasteiger charge is 2.35. The molecular weight excluding hydrogens is 371 g/mol. The molecule has 0 saturated carbocycles. The van der Waals surface area contributed by atoms with E-state index in [1.54, 1.807) is 4.72 Å². The van der Waals surface area contributed by atoms with Crippen molar-refractivity contribution in [3.8, 4) is 0 Å². The second kappa shape index (κ2) is 6.33. The van der Waals surface area contributed by atoms with Crippen LogP contribution in [0, 0.1) is 0 Å². The Bertz CT molecular complexity index is 897. The number of anilines is 1. The molecule has 5 nitrogen and oxygen atoms in total. The number of carboxylic acids is 1. The van der Waals surface area contributed by atoms with E-state index in [1.807, 2.05) is 0 Å². The molecule has 2 aromatic carbocycles. The van der Waals surface area contributed by atoms with Crippen LogP contribution in [0.15, 0.2) is 47.4 Å². The Morgan fingerprint density at radius 3 is 2.38 bits per heavy atom. The third-order valence-electron chi connectivity index (χ3n) is 2.92. The Hall–Kier alpha value is -2.26. The molecule has 2 N–H and O–H groups in total. The lowest BCUT2D eigenvalue weighted by molar-refractivity contribution is -0.136. The standard InChI is InChI=1S/C14H9ClF3NO4S/c15-9-4-5-12(11(7-9)14(16,17)18)19-24(22,23)10-3-1-2-8(6-10)13(20)21/h1-7,19H,(H,20,21). The first-order chi connectivity index (χ1) is 11.0. The summed E-state index contributed by atoms with van der Waals surface area (Å²) in [4.78, 5) is 10.4. The van der Waals surface area contributed by atoms with Crippen LogP contribution >= 0.6 is 11.6 Å². The van der Waals surface area contributed by atoms with E-state index in [-0.39, 0.29) is 10.6 Å². The number of nitrogens with one attached hydrogen (secondary N) is 1. The maximum atomic E-state index is 13.0. The fourth-order valence-electron chi connectivity index (χ4n) is 1.84. The van der Waals surface area contributed by atoms with Crippen molar-refractivity contribution in [1.82, 2.24) is 0 Å². The number of hydrogen-bond donors (Lipinski definition) is 2. The summed E-state index contributed by atoms with van der Waals surface area (Å²) < 4.78 is 65.3. The maximum Gasteiger partial charge on any atom is 0.418 e. The second-order valence-electron chi connectivity index (χ2n) is 4.63. The summed E-state index contributed by atoms with van der Waals surface area (Å²) in [6, 6.07) is 6.81. The van der Waals surface area contributed by atoms with Gasteiger partial charge in [0.25, 0.3) is 10.0 Å². The third-order valence-corrected chi connectivity index (χ3v) is 4.52. The smallest absolute Gasteiger partial charge is 0.418 e. The summed E-state index contributed by atoms with van der Waals surface area (Å²) in [6.45, 7) is 0. The predicted molar refractivity (Wildman–Crippen MR) is 80.7 cm³/mol. The van der Waals surface area contributed by atoms with Crippen LogP contribution in [0.5, 0.6) is 0 Å². The highest BCUT2D eigenvalue weighted by Crippen LogP contribution is 2.37. The Morgan fingerprint density at radius 2 is 1.79 bits per heavy atom. The quantitative estimate of drug-likeness (QED) is 0.845. The summed E-state index contributed by atoms with van der Waals surface area (Å²) in [5.41, 5.74) is -2.29. The fraction of sp³-hybridized carbons (Fsp3) is 0.0714. The van der Waals surface area contributed by atoms with Crippen LogP contribution in [0.2, 0.25) is 5.02 Å². The van der Waals surface area contributed by atoms with Gasteiger partial charge in [-0.25, -0.2) is 13.2 Å². The first-order valence-corrected chi connectivity index (χ1v) is 8.10. The number of halogens is 4. The van der Waals surface area contributed by atoms with E-state index in [0.717, 1.165) is 30.3 Å². The third kappa shape index (κ3) is 3.98. The van der Waals surface area contributed by atoms with E-state index in [2.05, 4.69) is 0 Å². The first-order valence-electron chi connectivity index (χ1n) is 6.23. The van der Waals surface area contributed by atoms with Gasteiger partial charge in [-0.15, -0.1) is 0 Å². The number of alkyl halides is 3. The van der Waals surface area contributed by atoms with E-state index >= 15 is 0 Å². The van der Waals surface area contributed by atoms with Crippen molar-refractivity contribution in [2.75, 3.05) is 4.72 Å². The van der Waals surface area contributed by atoms with Gasteiger partial charge in [0.15, 0.2) is 0 Å². The number of rotatable bonds is 4. The molecule has 0 heterocycles. The Kier molecular flexibility index (Phi) is 4.77. The number of hydrogen-bond acceptors (Lipinski definition) is 3. The number of benzene rings is 2. The van der Waals surface area contributed by atoms with Crippen molar-refractivity contribution in [3.63, 3.8) is 0 Å². The van der Waals surface area contributed by atoms with Gasteiger partial charge in [0, 0.05) is 5.02 Å². The van der Waals surface area contributed by atoms with E-state index < -0.39 is 38.3 Å². The van der Waals surface area contributed by atoms with Crippen molar-refractivity contribution in [3.05, 3.63) is 58.6 Å². The molecule has 0 fully saturated rings. The van der Waals surface area contributed by atoms with Gasteiger partial charge < -0.3 is 5.11 Å². The van der Waals surface area contributed by atoms with Crippen LogP contribution in [0.4, 0.5) is 18.9 Å². The van der Waals surface area contributed by atoms with Crippen LogP contribution in [0.3, 0.4) is 0 Å². The van der Waals surface area contributed by atoms with Crippen molar-refractivity contribution in [1.29, 1.82) is 0 Å². The molecule has 2 rings (SSSR count). The zero-order chi connectivity index (χ0) is 18.1. The molecule has 0 aliphatic carbocycles. The predicted octanol–water partition coefficient (Wildman–Crippen LogP) is 3.86. The molecule has 0 saturated heterocycles. The molecule has 128 valence electrons. The van der Waals surface area contributed by atoms with Crippen LogP contribution in [-0.4, -0.2) is 19.5 Å². The lowest BCUT2D eigenvalue weighted by atomic mass is 10.2. The Balaban J connectivity index is 2.47. The summed E-state index contributed by atoms with van der Waals surface area (Å²) in [5.74, 6) is -1.37. The minimum absolute atomic E-state index is 0.210. The average molecular weight is 380 g/mol. The van der Waals surface area contributed by atoms with Gasteiger partial charge in [-0.3, -0.25) is 4.72 Å². The Morgan fingerprint density at radius 1 is 1.12 bits per heavy atom. The van der Waals surface area contributed by atoms with Crippen LogP contribution in [0.1, 0.15) is 15.9 Å². The zero-order valence-electron chi connectivity index (χ0n) is 11.6. The van der Waals surface area contributed by atoms with Crippen LogP contribution < -0.4 is 4.72 Å².